The summed E-state index contributed by atoms with van der Waals surface area (Å²) in [5.41, 5.74) is 1.96. The zero-order chi connectivity index (χ0) is 20.6. The van der Waals surface area contributed by atoms with Crippen molar-refractivity contribution in [1.29, 1.82) is 0 Å². The highest BCUT2D eigenvalue weighted by Crippen LogP contribution is 2.11. The number of guanidine groups is 1. The van der Waals surface area contributed by atoms with E-state index >= 15 is 0 Å². The van der Waals surface area contributed by atoms with Crippen LogP contribution >= 0.6 is 0 Å². The van der Waals surface area contributed by atoms with Crippen LogP contribution in [0.3, 0.4) is 0 Å². The molecule has 2 heterocycles. The van der Waals surface area contributed by atoms with Crippen LogP contribution in [0, 0.1) is 0 Å². The standard InChI is InChI=1S/C21H27N5O3/c1-3-16-6-4-7-17(14-16)24-19(27)15-23-21(22-2)26-11-9-25(10-12-26)20(28)18-8-5-13-29-18/h4-8,13-14H,3,9-12,15H2,1-2H3,(H,22,23)(H,24,27). The molecule has 154 valence electrons. The third-order valence-corrected chi connectivity index (χ3v) is 4.84. The van der Waals surface area contributed by atoms with E-state index in [-0.39, 0.29) is 18.4 Å². The van der Waals surface area contributed by atoms with Crippen molar-refractivity contribution in [1.82, 2.24) is 15.1 Å². The summed E-state index contributed by atoms with van der Waals surface area (Å²) in [5.74, 6) is 0.759. The average Bonchev–Trinajstić information content (AvgIpc) is 3.29. The van der Waals surface area contributed by atoms with Gasteiger partial charge in [0, 0.05) is 38.9 Å². The number of piperazine rings is 1. The summed E-state index contributed by atoms with van der Waals surface area (Å²) < 4.78 is 5.19. The second-order valence-electron chi connectivity index (χ2n) is 6.76. The fourth-order valence-corrected chi connectivity index (χ4v) is 3.24. The van der Waals surface area contributed by atoms with Gasteiger partial charge < -0.3 is 24.9 Å². The lowest BCUT2D eigenvalue weighted by molar-refractivity contribution is -0.115. The van der Waals surface area contributed by atoms with Crippen LogP contribution in [0.15, 0.2) is 52.1 Å². The molecular formula is C21H27N5O3. The minimum absolute atomic E-state index is 0.105. The minimum Gasteiger partial charge on any atom is -0.459 e. The van der Waals surface area contributed by atoms with Crippen LogP contribution in [0.1, 0.15) is 23.0 Å². The first kappa shape index (κ1) is 20.4. The number of anilines is 1. The van der Waals surface area contributed by atoms with Crippen LogP contribution < -0.4 is 10.6 Å². The fraction of sp³-hybridized carbons (Fsp3) is 0.381. The Morgan fingerprint density at radius 2 is 1.86 bits per heavy atom. The second-order valence-corrected chi connectivity index (χ2v) is 6.76. The van der Waals surface area contributed by atoms with Gasteiger partial charge in [-0.05, 0) is 36.2 Å². The van der Waals surface area contributed by atoms with Gasteiger partial charge >= 0.3 is 0 Å². The first-order chi connectivity index (χ1) is 14.1. The summed E-state index contributed by atoms with van der Waals surface area (Å²) >= 11 is 0. The van der Waals surface area contributed by atoms with Crippen molar-refractivity contribution in [3.8, 4) is 0 Å². The Bertz CT molecular complexity index is 855. The van der Waals surface area contributed by atoms with Gasteiger partial charge in [-0.2, -0.15) is 0 Å². The predicted molar refractivity (Wildman–Crippen MR) is 112 cm³/mol. The van der Waals surface area contributed by atoms with E-state index in [2.05, 4.69) is 22.5 Å². The number of rotatable bonds is 5. The Morgan fingerprint density at radius 3 is 2.52 bits per heavy atom. The van der Waals surface area contributed by atoms with Crippen molar-refractivity contribution < 1.29 is 14.0 Å². The van der Waals surface area contributed by atoms with E-state index in [0.717, 1.165) is 12.1 Å². The number of carbonyl (C=O) groups excluding carboxylic acids is 2. The van der Waals surface area contributed by atoms with Crippen LogP contribution in [0.2, 0.25) is 0 Å². The highest BCUT2D eigenvalue weighted by Gasteiger charge is 2.25. The highest BCUT2D eigenvalue weighted by atomic mass is 16.3. The van der Waals surface area contributed by atoms with E-state index in [4.69, 9.17) is 4.42 Å². The normalized spacial score (nSPS) is 14.6. The molecule has 2 aromatic rings. The number of aryl methyl sites for hydroxylation is 1. The van der Waals surface area contributed by atoms with Crippen molar-refractivity contribution in [2.45, 2.75) is 13.3 Å². The number of carbonyl (C=O) groups is 2. The van der Waals surface area contributed by atoms with Gasteiger partial charge in [0.25, 0.3) is 5.91 Å². The quantitative estimate of drug-likeness (QED) is 0.593. The largest absolute Gasteiger partial charge is 0.459 e. The molecule has 1 aromatic carbocycles. The first-order valence-electron chi connectivity index (χ1n) is 9.78. The first-order valence-corrected chi connectivity index (χ1v) is 9.78. The zero-order valence-electron chi connectivity index (χ0n) is 16.9. The molecule has 1 aliphatic rings. The Labute approximate surface area is 170 Å². The molecule has 3 rings (SSSR count). The van der Waals surface area contributed by atoms with Gasteiger partial charge in [-0.25, -0.2) is 0 Å². The molecule has 0 bridgehead atoms. The number of amides is 2. The average molecular weight is 397 g/mol. The van der Waals surface area contributed by atoms with Gasteiger partial charge in [0.15, 0.2) is 11.7 Å². The molecule has 0 saturated carbocycles. The molecule has 29 heavy (non-hydrogen) atoms. The number of nitrogens with zero attached hydrogens (tertiary/aromatic N) is 3. The SMILES string of the molecule is CCc1cccc(NC(=O)CNC(=NC)N2CCN(C(=O)c3ccco3)CC2)c1. The maximum atomic E-state index is 12.4. The van der Waals surface area contributed by atoms with E-state index in [1.807, 2.05) is 29.2 Å². The topological polar surface area (TPSA) is 90.2 Å². The Morgan fingerprint density at radius 1 is 1.10 bits per heavy atom. The number of aliphatic imine (C=N–C) groups is 1. The molecule has 0 spiro atoms. The number of hydrogen-bond donors (Lipinski definition) is 2. The molecule has 0 atom stereocenters. The molecule has 8 heteroatoms. The molecule has 8 nitrogen and oxygen atoms in total. The molecule has 0 aliphatic carbocycles. The van der Waals surface area contributed by atoms with Gasteiger partial charge in [-0.3, -0.25) is 14.6 Å². The highest BCUT2D eigenvalue weighted by molar-refractivity contribution is 5.95. The second kappa shape index (κ2) is 9.77. The van der Waals surface area contributed by atoms with Gasteiger partial charge in [0.1, 0.15) is 0 Å². The Kier molecular flexibility index (Phi) is 6.89. The van der Waals surface area contributed by atoms with E-state index < -0.39 is 0 Å². The molecule has 1 saturated heterocycles. The Hall–Kier alpha value is -3.29. The van der Waals surface area contributed by atoms with Crippen molar-refractivity contribution in [2.24, 2.45) is 4.99 Å². The smallest absolute Gasteiger partial charge is 0.289 e. The van der Waals surface area contributed by atoms with E-state index in [1.165, 1.54) is 11.8 Å². The summed E-state index contributed by atoms with van der Waals surface area (Å²) in [6.07, 6.45) is 2.42. The van der Waals surface area contributed by atoms with E-state index in [0.29, 0.717) is 37.9 Å². The lowest BCUT2D eigenvalue weighted by Gasteiger charge is -2.36. The maximum absolute atomic E-state index is 12.4. The fourth-order valence-electron chi connectivity index (χ4n) is 3.24. The van der Waals surface area contributed by atoms with Crippen LogP contribution in [0.5, 0.6) is 0 Å². The molecule has 2 amide bonds. The van der Waals surface area contributed by atoms with Crippen LogP contribution in [-0.4, -0.2) is 67.3 Å². The van der Waals surface area contributed by atoms with Crippen molar-refractivity contribution in [2.75, 3.05) is 45.1 Å². The number of benzene rings is 1. The number of furan rings is 1. The molecule has 1 aromatic heterocycles. The lowest BCUT2D eigenvalue weighted by Crippen LogP contribution is -2.54. The van der Waals surface area contributed by atoms with Crippen molar-refractivity contribution >= 4 is 23.5 Å². The number of nitrogens with one attached hydrogen (secondary N) is 2. The molecule has 0 radical (unpaired) electrons. The molecular weight excluding hydrogens is 370 g/mol. The van der Waals surface area contributed by atoms with Crippen molar-refractivity contribution in [3.05, 3.63) is 54.0 Å². The minimum atomic E-state index is -0.133. The lowest BCUT2D eigenvalue weighted by atomic mass is 10.1. The number of hydrogen-bond acceptors (Lipinski definition) is 4. The monoisotopic (exact) mass is 397 g/mol. The van der Waals surface area contributed by atoms with Crippen LogP contribution in [0.4, 0.5) is 5.69 Å². The van der Waals surface area contributed by atoms with E-state index in [1.54, 1.807) is 24.1 Å². The Balaban J connectivity index is 1.47. The van der Waals surface area contributed by atoms with Crippen LogP contribution in [-0.2, 0) is 11.2 Å². The zero-order valence-corrected chi connectivity index (χ0v) is 16.9. The van der Waals surface area contributed by atoms with Gasteiger partial charge in [0.2, 0.25) is 5.91 Å². The summed E-state index contributed by atoms with van der Waals surface area (Å²) in [5, 5.41) is 6.00. The molecule has 2 N–H and O–H groups in total. The third-order valence-electron chi connectivity index (χ3n) is 4.84. The van der Waals surface area contributed by atoms with Gasteiger partial charge in [-0.15, -0.1) is 0 Å². The summed E-state index contributed by atoms with van der Waals surface area (Å²) in [4.78, 5) is 32.7. The van der Waals surface area contributed by atoms with Crippen molar-refractivity contribution in [3.63, 3.8) is 0 Å². The predicted octanol–water partition coefficient (Wildman–Crippen LogP) is 1.81. The summed E-state index contributed by atoms with van der Waals surface area (Å²) in [6, 6.07) is 11.2. The summed E-state index contributed by atoms with van der Waals surface area (Å²) in [7, 11) is 1.69. The van der Waals surface area contributed by atoms with Crippen LogP contribution in [0.25, 0.3) is 0 Å². The summed E-state index contributed by atoms with van der Waals surface area (Å²) in [6.45, 7) is 4.59. The molecule has 1 aliphatic heterocycles. The third kappa shape index (κ3) is 5.37. The molecule has 0 unspecified atom stereocenters. The maximum Gasteiger partial charge on any atom is 0.289 e. The van der Waals surface area contributed by atoms with E-state index in [9.17, 15) is 9.59 Å². The van der Waals surface area contributed by atoms with Gasteiger partial charge in [-0.1, -0.05) is 19.1 Å². The van der Waals surface area contributed by atoms with Gasteiger partial charge in [0.05, 0.1) is 12.8 Å². The molecule has 1 fully saturated rings.